The molecule has 2 rings (SSSR count). The summed E-state index contributed by atoms with van der Waals surface area (Å²) in [6.07, 6.45) is 3.68. The summed E-state index contributed by atoms with van der Waals surface area (Å²) in [7, 11) is 1.67. The number of likely N-dealkylation sites (tertiary alicyclic amines) is 1. The number of halogens is 1. The van der Waals surface area contributed by atoms with Crippen molar-refractivity contribution in [2.45, 2.75) is 45.3 Å². The summed E-state index contributed by atoms with van der Waals surface area (Å²) < 4.78 is 10.6. The maximum Gasteiger partial charge on any atom is 0.191 e. The van der Waals surface area contributed by atoms with Gasteiger partial charge in [0.1, 0.15) is 5.75 Å². The quantitative estimate of drug-likeness (QED) is 0.166. The molecule has 8 heteroatoms. The molecule has 172 valence electrons. The molecule has 0 amide bonds. The number of rotatable bonds is 12. The van der Waals surface area contributed by atoms with Crippen LogP contribution >= 0.6 is 24.0 Å². The van der Waals surface area contributed by atoms with Gasteiger partial charge in [-0.2, -0.15) is 0 Å². The molecule has 3 N–H and O–H groups in total. The first-order chi connectivity index (χ1) is 14.2. The fourth-order valence-electron chi connectivity index (χ4n) is 3.25. The molecule has 1 saturated heterocycles. The van der Waals surface area contributed by atoms with Gasteiger partial charge in [0.2, 0.25) is 0 Å². The van der Waals surface area contributed by atoms with E-state index in [9.17, 15) is 5.11 Å². The van der Waals surface area contributed by atoms with Gasteiger partial charge in [-0.15, -0.1) is 24.0 Å². The summed E-state index contributed by atoms with van der Waals surface area (Å²) in [6.45, 7) is 8.90. The maximum absolute atomic E-state index is 9.61. The van der Waals surface area contributed by atoms with Crippen LogP contribution in [0.4, 0.5) is 0 Å². The molecule has 1 aliphatic rings. The molecule has 1 heterocycles. The normalized spacial score (nSPS) is 15.5. The van der Waals surface area contributed by atoms with E-state index in [0.29, 0.717) is 6.54 Å². The minimum absolute atomic E-state index is 0. The Morgan fingerprint density at radius 2 is 1.80 bits per heavy atom. The van der Waals surface area contributed by atoms with E-state index in [1.165, 1.54) is 0 Å². The second kappa shape index (κ2) is 16.6. The standard InChI is InChI=1S/C22H38N4O3.HI/c1-3-29-17-5-13-24-22(25-18-19-6-8-21(28-2)9-7-19)23-12-4-14-26-15-10-20(27)11-16-26;/h6-9,20,27H,3-5,10-18H2,1-2H3,(H2,23,24,25);1H. The van der Waals surface area contributed by atoms with E-state index < -0.39 is 0 Å². The van der Waals surface area contributed by atoms with Crippen molar-refractivity contribution in [3.05, 3.63) is 29.8 Å². The highest BCUT2D eigenvalue weighted by Crippen LogP contribution is 2.12. The van der Waals surface area contributed by atoms with Crippen LogP contribution in [-0.2, 0) is 11.3 Å². The van der Waals surface area contributed by atoms with Crippen molar-refractivity contribution in [1.29, 1.82) is 0 Å². The van der Waals surface area contributed by atoms with Gasteiger partial charge in [-0.1, -0.05) is 12.1 Å². The third-order valence-electron chi connectivity index (χ3n) is 5.04. The molecule has 0 aliphatic carbocycles. The van der Waals surface area contributed by atoms with Gasteiger partial charge in [-0.05, 0) is 56.8 Å². The van der Waals surface area contributed by atoms with Crippen LogP contribution in [-0.4, -0.2) is 75.1 Å². The average Bonchev–Trinajstić information content (AvgIpc) is 2.75. The summed E-state index contributed by atoms with van der Waals surface area (Å²) in [5.41, 5.74) is 1.15. The SMILES string of the molecule is CCOCCCNC(=NCc1ccc(OC)cc1)NCCCN1CCC(O)CC1.I. The monoisotopic (exact) mass is 534 g/mol. The zero-order valence-corrected chi connectivity index (χ0v) is 20.8. The predicted molar refractivity (Wildman–Crippen MR) is 133 cm³/mol. The summed E-state index contributed by atoms with van der Waals surface area (Å²) in [5, 5.41) is 16.5. The van der Waals surface area contributed by atoms with Crippen LogP contribution < -0.4 is 15.4 Å². The smallest absolute Gasteiger partial charge is 0.191 e. The molecule has 0 saturated carbocycles. The van der Waals surface area contributed by atoms with E-state index in [-0.39, 0.29) is 30.1 Å². The van der Waals surface area contributed by atoms with Crippen molar-refractivity contribution in [3.63, 3.8) is 0 Å². The largest absolute Gasteiger partial charge is 0.497 e. The van der Waals surface area contributed by atoms with E-state index in [4.69, 9.17) is 14.5 Å². The van der Waals surface area contributed by atoms with Crippen LogP contribution in [0.1, 0.15) is 38.2 Å². The Hall–Kier alpha value is -1.10. The zero-order valence-electron chi connectivity index (χ0n) is 18.4. The lowest BCUT2D eigenvalue weighted by atomic mass is 10.1. The number of hydrogen-bond acceptors (Lipinski definition) is 5. The number of nitrogens with zero attached hydrogens (tertiary/aromatic N) is 2. The van der Waals surface area contributed by atoms with Crippen molar-refractivity contribution in [2.75, 3.05) is 53.0 Å². The number of aliphatic hydroxyl groups excluding tert-OH is 1. The van der Waals surface area contributed by atoms with E-state index in [0.717, 1.165) is 88.9 Å². The first kappa shape index (κ1) is 26.9. The number of guanidine groups is 1. The molecule has 0 unspecified atom stereocenters. The fraction of sp³-hybridized carbons (Fsp3) is 0.682. The van der Waals surface area contributed by atoms with Gasteiger partial charge in [0.05, 0.1) is 19.8 Å². The zero-order chi connectivity index (χ0) is 20.7. The van der Waals surface area contributed by atoms with Gasteiger partial charge < -0.3 is 30.1 Å². The van der Waals surface area contributed by atoms with Gasteiger partial charge in [-0.3, -0.25) is 0 Å². The number of benzene rings is 1. The Bertz CT molecular complexity index is 578. The van der Waals surface area contributed by atoms with E-state index >= 15 is 0 Å². The van der Waals surface area contributed by atoms with Gasteiger partial charge in [0, 0.05) is 39.4 Å². The van der Waals surface area contributed by atoms with E-state index in [1.807, 2.05) is 31.2 Å². The van der Waals surface area contributed by atoms with Crippen molar-refractivity contribution in [1.82, 2.24) is 15.5 Å². The average molecular weight is 534 g/mol. The predicted octanol–water partition coefficient (Wildman–Crippen LogP) is 2.62. The van der Waals surface area contributed by atoms with E-state index in [2.05, 4.69) is 15.5 Å². The number of aliphatic imine (C=N–C) groups is 1. The highest BCUT2D eigenvalue weighted by atomic mass is 127. The van der Waals surface area contributed by atoms with Crippen LogP contribution in [0.3, 0.4) is 0 Å². The van der Waals surface area contributed by atoms with Gasteiger partial charge >= 0.3 is 0 Å². The first-order valence-corrected chi connectivity index (χ1v) is 10.8. The number of piperidine rings is 1. The molecule has 30 heavy (non-hydrogen) atoms. The summed E-state index contributed by atoms with van der Waals surface area (Å²) in [4.78, 5) is 7.16. The van der Waals surface area contributed by atoms with Gasteiger partial charge in [0.25, 0.3) is 0 Å². The van der Waals surface area contributed by atoms with Gasteiger partial charge in [-0.25, -0.2) is 4.99 Å². The van der Waals surface area contributed by atoms with Crippen LogP contribution in [0.2, 0.25) is 0 Å². The Morgan fingerprint density at radius 3 is 2.43 bits per heavy atom. The number of aliphatic hydroxyl groups is 1. The summed E-state index contributed by atoms with van der Waals surface area (Å²) >= 11 is 0. The molecule has 0 aromatic heterocycles. The fourth-order valence-corrected chi connectivity index (χ4v) is 3.25. The second-order valence-electron chi connectivity index (χ2n) is 7.34. The van der Waals surface area contributed by atoms with Crippen LogP contribution in [0.25, 0.3) is 0 Å². The molecule has 0 atom stereocenters. The minimum atomic E-state index is -0.109. The van der Waals surface area contributed by atoms with Crippen molar-refractivity contribution >= 4 is 29.9 Å². The van der Waals surface area contributed by atoms with Crippen LogP contribution in [0.15, 0.2) is 29.3 Å². The maximum atomic E-state index is 9.61. The van der Waals surface area contributed by atoms with Crippen LogP contribution in [0.5, 0.6) is 5.75 Å². The molecule has 1 aliphatic heterocycles. The highest BCUT2D eigenvalue weighted by molar-refractivity contribution is 14.0. The second-order valence-corrected chi connectivity index (χ2v) is 7.34. The van der Waals surface area contributed by atoms with Crippen molar-refractivity contribution < 1.29 is 14.6 Å². The molecule has 1 aromatic rings. The molecule has 1 fully saturated rings. The summed E-state index contributed by atoms with van der Waals surface area (Å²) in [6, 6.07) is 8.01. The topological polar surface area (TPSA) is 78.3 Å². The molecule has 0 radical (unpaired) electrons. The first-order valence-electron chi connectivity index (χ1n) is 10.8. The Kier molecular flexibility index (Phi) is 14.9. The lowest BCUT2D eigenvalue weighted by molar-refractivity contribution is 0.0823. The lowest BCUT2D eigenvalue weighted by Gasteiger charge is -2.29. The molecule has 1 aromatic carbocycles. The molecule has 0 bridgehead atoms. The molecule has 0 spiro atoms. The Morgan fingerprint density at radius 1 is 1.13 bits per heavy atom. The van der Waals surface area contributed by atoms with Crippen molar-refractivity contribution in [3.8, 4) is 5.75 Å². The van der Waals surface area contributed by atoms with Gasteiger partial charge in [0.15, 0.2) is 5.96 Å². The Labute approximate surface area is 198 Å². The summed E-state index contributed by atoms with van der Waals surface area (Å²) in [5.74, 6) is 1.70. The molecular weight excluding hydrogens is 495 g/mol. The number of ether oxygens (including phenoxy) is 2. The Balaban J connectivity index is 0.00000450. The van der Waals surface area contributed by atoms with Crippen molar-refractivity contribution in [2.24, 2.45) is 4.99 Å². The number of nitrogens with one attached hydrogen (secondary N) is 2. The molecule has 7 nitrogen and oxygen atoms in total. The third kappa shape index (κ3) is 11.3. The highest BCUT2D eigenvalue weighted by Gasteiger charge is 2.16. The molecular formula is C22H39IN4O3. The van der Waals surface area contributed by atoms with Crippen LogP contribution in [0, 0.1) is 0 Å². The van der Waals surface area contributed by atoms with E-state index in [1.54, 1.807) is 7.11 Å². The lowest BCUT2D eigenvalue weighted by Crippen LogP contribution is -2.41. The third-order valence-corrected chi connectivity index (χ3v) is 5.04. The number of methoxy groups -OCH3 is 1. The number of hydrogen-bond donors (Lipinski definition) is 3. The minimum Gasteiger partial charge on any atom is -0.497 e.